The zero-order chi connectivity index (χ0) is 21.1. The molecule has 7 nitrogen and oxygen atoms in total. The van der Waals surface area contributed by atoms with E-state index in [2.05, 4.69) is 16.0 Å². The summed E-state index contributed by atoms with van der Waals surface area (Å²) in [6.45, 7) is 7.79. The number of carbonyl (C=O) groups is 3. The SMILES string of the molecule is CC(=O)N1CCc2cc(NC(C)C(=O)NC(=O)Nc3ccc(C)cc3C)ccc21. The van der Waals surface area contributed by atoms with Crippen molar-refractivity contribution in [2.45, 2.75) is 40.2 Å². The van der Waals surface area contributed by atoms with Crippen molar-refractivity contribution < 1.29 is 14.4 Å². The van der Waals surface area contributed by atoms with Crippen molar-refractivity contribution >= 4 is 34.9 Å². The highest BCUT2D eigenvalue weighted by Gasteiger charge is 2.23. The highest BCUT2D eigenvalue weighted by atomic mass is 16.2. The van der Waals surface area contributed by atoms with Gasteiger partial charge >= 0.3 is 6.03 Å². The average Bonchev–Trinajstić information content (AvgIpc) is 3.07. The third kappa shape index (κ3) is 4.74. The Labute approximate surface area is 170 Å². The van der Waals surface area contributed by atoms with E-state index >= 15 is 0 Å². The molecule has 0 aliphatic carbocycles. The van der Waals surface area contributed by atoms with Gasteiger partial charge in [0.1, 0.15) is 6.04 Å². The number of hydrogen-bond donors (Lipinski definition) is 3. The van der Waals surface area contributed by atoms with Crippen LogP contribution in [0.25, 0.3) is 0 Å². The number of nitrogens with one attached hydrogen (secondary N) is 3. The molecule has 1 heterocycles. The summed E-state index contributed by atoms with van der Waals surface area (Å²) in [4.78, 5) is 37.9. The van der Waals surface area contributed by atoms with E-state index in [0.29, 0.717) is 12.2 Å². The average molecular weight is 394 g/mol. The Bertz CT molecular complexity index is 971. The first-order chi connectivity index (χ1) is 13.7. The summed E-state index contributed by atoms with van der Waals surface area (Å²) >= 11 is 0. The number of urea groups is 1. The van der Waals surface area contributed by atoms with Crippen LogP contribution in [-0.4, -0.2) is 30.4 Å². The monoisotopic (exact) mass is 394 g/mol. The molecule has 1 aliphatic heterocycles. The van der Waals surface area contributed by atoms with Crippen molar-refractivity contribution in [3.63, 3.8) is 0 Å². The maximum absolute atomic E-state index is 12.4. The Morgan fingerprint density at radius 3 is 2.52 bits per heavy atom. The third-order valence-corrected chi connectivity index (χ3v) is 5.00. The number of imide groups is 1. The molecule has 0 spiro atoms. The molecule has 1 atom stereocenters. The predicted octanol–water partition coefficient (Wildman–Crippen LogP) is 3.36. The fraction of sp³-hybridized carbons (Fsp3) is 0.318. The minimum absolute atomic E-state index is 0.0204. The van der Waals surface area contributed by atoms with Crippen LogP contribution < -0.4 is 20.9 Å². The van der Waals surface area contributed by atoms with Crippen LogP contribution in [0.5, 0.6) is 0 Å². The number of rotatable bonds is 4. The molecule has 152 valence electrons. The smallest absolute Gasteiger partial charge is 0.325 e. The second kappa shape index (κ2) is 8.34. The molecule has 2 aromatic rings. The van der Waals surface area contributed by atoms with Gasteiger partial charge in [-0.15, -0.1) is 0 Å². The summed E-state index contributed by atoms with van der Waals surface area (Å²) in [6, 6.07) is 10.1. The van der Waals surface area contributed by atoms with Crippen molar-refractivity contribution in [1.82, 2.24) is 5.32 Å². The summed E-state index contributed by atoms with van der Waals surface area (Å²) in [6.07, 6.45) is 0.781. The summed E-state index contributed by atoms with van der Waals surface area (Å²) in [5, 5.41) is 8.17. The highest BCUT2D eigenvalue weighted by molar-refractivity contribution is 6.03. The summed E-state index contributed by atoms with van der Waals surface area (Å²) in [5.74, 6) is -0.412. The lowest BCUT2D eigenvalue weighted by molar-refractivity contribution is -0.120. The molecule has 7 heteroatoms. The maximum Gasteiger partial charge on any atom is 0.325 e. The lowest BCUT2D eigenvalue weighted by Gasteiger charge is -2.18. The van der Waals surface area contributed by atoms with Gasteiger partial charge in [0.15, 0.2) is 0 Å². The van der Waals surface area contributed by atoms with Crippen LogP contribution in [-0.2, 0) is 16.0 Å². The van der Waals surface area contributed by atoms with Gasteiger partial charge in [0.05, 0.1) is 0 Å². The van der Waals surface area contributed by atoms with Gasteiger partial charge in [0.25, 0.3) is 0 Å². The number of carbonyl (C=O) groups excluding carboxylic acids is 3. The first-order valence-corrected chi connectivity index (χ1v) is 9.61. The van der Waals surface area contributed by atoms with Crippen LogP contribution in [0.1, 0.15) is 30.5 Å². The van der Waals surface area contributed by atoms with Gasteiger partial charge in [-0.25, -0.2) is 4.79 Å². The van der Waals surface area contributed by atoms with Gasteiger partial charge in [0, 0.05) is 30.5 Å². The van der Waals surface area contributed by atoms with Crippen molar-refractivity contribution in [2.75, 3.05) is 22.1 Å². The predicted molar refractivity (Wildman–Crippen MR) is 114 cm³/mol. The van der Waals surface area contributed by atoms with Crippen molar-refractivity contribution in [1.29, 1.82) is 0 Å². The Balaban J connectivity index is 1.58. The molecule has 0 radical (unpaired) electrons. The molecule has 2 aromatic carbocycles. The molecule has 1 aliphatic rings. The Morgan fingerprint density at radius 1 is 1.07 bits per heavy atom. The Hall–Kier alpha value is -3.35. The molecule has 0 saturated heterocycles. The molecule has 3 rings (SSSR count). The maximum atomic E-state index is 12.4. The van der Waals surface area contributed by atoms with Crippen LogP contribution in [0.2, 0.25) is 0 Å². The van der Waals surface area contributed by atoms with Crippen LogP contribution in [0.4, 0.5) is 21.9 Å². The molecule has 29 heavy (non-hydrogen) atoms. The fourth-order valence-electron chi connectivity index (χ4n) is 3.46. The normalized spacial score (nSPS) is 13.4. The number of benzene rings is 2. The van der Waals surface area contributed by atoms with E-state index in [1.165, 1.54) is 0 Å². The van der Waals surface area contributed by atoms with Gasteiger partial charge in [0.2, 0.25) is 11.8 Å². The van der Waals surface area contributed by atoms with Gasteiger partial charge in [-0.2, -0.15) is 0 Å². The second-order valence-corrected chi connectivity index (χ2v) is 7.39. The Kier molecular flexibility index (Phi) is 5.87. The van der Waals surface area contributed by atoms with Crippen LogP contribution in [0.15, 0.2) is 36.4 Å². The van der Waals surface area contributed by atoms with E-state index in [1.54, 1.807) is 18.7 Å². The van der Waals surface area contributed by atoms with Crippen LogP contribution in [0, 0.1) is 13.8 Å². The molecule has 0 aromatic heterocycles. The highest BCUT2D eigenvalue weighted by Crippen LogP contribution is 2.30. The zero-order valence-electron chi connectivity index (χ0n) is 17.1. The molecular formula is C22H26N4O3. The van der Waals surface area contributed by atoms with Gasteiger partial charge in [-0.1, -0.05) is 17.7 Å². The van der Waals surface area contributed by atoms with Gasteiger partial charge < -0.3 is 15.5 Å². The standard InChI is InChI=1S/C22H26N4O3/c1-13-5-7-19(14(2)11-13)24-22(29)25-21(28)15(3)23-18-6-8-20-17(12-18)9-10-26(20)16(4)27/h5-8,11-12,15,23H,9-10H2,1-4H3,(H2,24,25,28,29). The van der Waals surface area contributed by atoms with Crippen LogP contribution >= 0.6 is 0 Å². The molecule has 4 amide bonds. The van der Waals surface area contributed by atoms with E-state index < -0.39 is 18.0 Å². The first-order valence-electron chi connectivity index (χ1n) is 9.61. The van der Waals surface area contributed by atoms with Crippen molar-refractivity contribution in [3.05, 3.63) is 53.1 Å². The lowest BCUT2D eigenvalue weighted by Crippen LogP contribution is -2.43. The molecule has 0 saturated carbocycles. The minimum Gasteiger partial charge on any atom is -0.374 e. The van der Waals surface area contributed by atoms with Crippen molar-refractivity contribution in [3.8, 4) is 0 Å². The van der Waals surface area contributed by atoms with E-state index in [0.717, 1.165) is 34.5 Å². The number of anilines is 3. The third-order valence-electron chi connectivity index (χ3n) is 5.00. The van der Waals surface area contributed by atoms with Gasteiger partial charge in [-0.05, 0) is 62.6 Å². The molecule has 0 fully saturated rings. The topological polar surface area (TPSA) is 90.5 Å². The molecule has 0 bridgehead atoms. The number of amides is 4. The lowest BCUT2D eigenvalue weighted by atomic mass is 10.1. The minimum atomic E-state index is -0.608. The quantitative estimate of drug-likeness (QED) is 0.742. The number of hydrogen-bond acceptors (Lipinski definition) is 4. The second-order valence-electron chi connectivity index (χ2n) is 7.39. The van der Waals surface area contributed by atoms with Crippen LogP contribution in [0.3, 0.4) is 0 Å². The van der Waals surface area contributed by atoms with E-state index in [-0.39, 0.29) is 5.91 Å². The molecular weight excluding hydrogens is 368 g/mol. The van der Waals surface area contributed by atoms with E-state index in [4.69, 9.17) is 0 Å². The van der Waals surface area contributed by atoms with Crippen molar-refractivity contribution in [2.24, 2.45) is 0 Å². The summed E-state index contributed by atoms with van der Waals surface area (Å²) < 4.78 is 0. The van der Waals surface area contributed by atoms with Gasteiger partial charge in [-0.3, -0.25) is 14.9 Å². The Morgan fingerprint density at radius 2 is 1.83 bits per heavy atom. The van der Waals surface area contributed by atoms with E-state index in [1.807, 2.05) is 50.2 Å². The number of aryl methyl sites for hydroxylation is 2. The molecule has 1 unspecified atom stereocenters. The van der Waals surface area contributed by atoms with E-state index in [9.17, 15) is 14.4 Å². The largest absolute Gasteiger partial charge is 0.374 e. The summed E-state index contributed by atoms with van der Waals surface area (Å²) in [5.41, 5.74) is 5.43. The fourth-order valence-corrected chi connectivity index (χ4v) is 3.46. The number of nitrogens with zero attached hydrogens (tertiary/aromatic N) is 1. The first kappa shape index (κ1) is 20.4. The molecule has 3 N–H and O–H groups in total. The summed E-state index contributed by atoms with van der Waals surface area (Å²) in [7, 11) is 0. The zero-order valence-corrected chi connectivity index (χ0v) is 17.1. The number of fused-ring (bicyclic) bond motifs is 1.